The summed E-state index contributed by atoms with van der Waals surface area (Å²) >= 11 is 1.56. The van der Waals surface area contributed by atoms with Gasteiger partial charge in [0.2, 0.25) is 0 Å². The highest BCUT2D eigenvalue weighted by Crippen LogP contribution is 2.31. The van der Waals surface area contributed by atoms with Crippen molar-refractivity contribution in [3.8, 4) is 10.6 Å². The Balaban J connectivity index is 1.16. The molecular weight excluding hydrogens is 494 g/mol. The van der Waals surface area contributed by atoms with Gasteiger partial charge in [0.1, 0.15) is 21.7 Å². The highest BCUT2D eigenvalue weighted by atomic mass is 32.1. The topological polar surface area (TPSA) is 95.1 Å². The van der Waals surface area contributed by atoms with Crippen LogP contribution < -0.4 is 16.0 Å². The third-order valence-electron chi connectivity index (χ3n) is 5.89. The lowest BCUT2D eigenvalue weighted by Crippen LogP contribution is -2.21. The SMILES string of the molecule is CN(C)Cc1ccccc1NC(=O)Nc1ccc(CCNc2ncnc3sc(-c4ccccc4)nc23)cc1. The van der Waals surface area contributed by atoms with E-state index in [0.29, 0.717) is 6.54 Å². The van der Waals surface area contributed by atoms with Gasteiger partial charge in [0.25, 0.3) is 0 Å². The molecule has 2 amide bonds. The molecule has 0 fully saturated rings. The van der Waals surface area contributed by atoms with Gasteiger partial charge in [-0.2, -0.15) is 0 Å². The molecule has 2 heterocycles. The summed E-state index contributed by atoms with van der Waals surface area (Å²) in [5.41, 5.74) is 5.60. The van der Waals surface area contributed by atoms with Gasteiger partial charge < -0.3 is 20.9 Å². The van der Waals surface area contributed by atoms with Crippen LogP contribution in [0.4, 0.5) is 22.0 Å². The van der Waals surface area contributed by atoms with Crippen molar-refractivity contribution in [2.24, 2.45) is 0 Å². The molecule has 0 atom stereocenters. The quantitative estimate of drug-likeness (QED) is 0.216. The molecule has 0 aliphatic heterocycles. The van der Waals surface area contributed by atoms with Crippen LogP contribution in [0.1, 0.15) is 11.1 Å². The number of carbonyl (C=O) groups is 1. The first kappa shape index (κ1) is 25.3. The monoisotopic (exact) mass is 523 g/mol. The van der Waals surface area contributed by atoms with Gasteiger partial charge in [0, 0.05) is 30.0 Å². The number of urea groups is 1. The van der Waals surface area contributed by atoms with Crippen LogP contribution in [0.15, 0.2) is 85.2 Å². The average Bonchev–Trinajstić information content (AvgIpc) is 3.36. The van der Waals surface area contributed by atoms with Crippen molar-refractivity contribution in [1.82, 2.24) is 19.9 Å². The van der Waals surface area contributed by atoms with Gasteiger partial charge in [0.05, 0.1) is 0 Å². The second kappa shape index (κ2) is 11.8. The Bertz CT molecular complexity index is 1520. The first-order valence-corrected chi connectivity index (χ1v) is 13.2. The summed E-state index contributed by atoms with van der Waals surface area (Å²) in [5, 5.41) is 10.2. The predicted octanol–water partition coefficient (Wildman–Crippen LogP) is 6.11. The molecule has 0 aliphatic carbocycles. The Morgan fingerprint density at radius 2 is 1.66 bits per heavy atom. The van der Waals surface area contributed by atoms with Crippen LogP contribution >= 0.6 is 11.3 Å². The molecule has 3 N–H and O–H groups in total. The van der Waals surface area contributed by atoms with E-state index < -0.39 is 0 Å². The lowest BCUT2D eigenvalue weighted by Gasteiger charge is -2.15. The first-order chi connectivity index (χ1) is 18.5. The third kappa shape index (κ3) is 6.31. The third-order valence-corrected chi connectivity index (χ3v) is 6.90. The van der Waals surface area contributed by atoms with E-state index >= 15 is 0 Å². The van der Waals surface area contributed by atoms with Gasteiger partial charge in [-0.3, -0.25) is 0 Å². The molecule has 0 saturated heterocycles. The zero-order valence-electron chi connectivity index (χ0n) is 21.3. The van der Waals surface area contributed by atoms with E-state index in [1.165, 1.54) is 0 Å². The van der Waals surface area contributed by atoms with Crippen LogP contribution in [-0.4, -0.2) is 46.5 Å². The maximum atomic E-state index is 12.6. The number of nitrogens with one attached hydrogen (secondary N) is 3. The summed E-state index contributed by atoms with van der Waals surface area (Å²) in [4.78, 5) is 29.1. The molecular formula is C29H29N7OS. The minimum absolute atomic E-state index is 0.267. The summed E-state index contributed by atoms with van der Waals surface area (Å²) < 4.78 is 0. The van der Waals surface area contributed by atoms with Crippen LogP contribution in [0.2, 0.25) is 0 Å². The smallest absolute Gasteiger partial charge is 0.323 e. The number of carbonyl (C=O) groups excluding carboxylic acids is 1. The number of para-hydroxylation sites is 1. The van der Waals surface area contributed by atoms with Crippen molar-refractivity contribution in [3.63, 3.8) is 0 Å². The molecule has 3 aromatic carbocycles. The summed E-state index contributed by atoms with van der Waals surface area (Å²) in [7, 11) is 4.01. The summed E-state index contributed by atoms with van der Waals surface area (Å²) in [6.45, 7) is 1.44. The zero-order chi connectivity index (χ0) is 26.3. The van der Waals surface area contributed by atoms with Crippen LogP contribution in [0.3, 0.4) is 0 Å². The molecule has 0 saturated carbocycles. The molecule has 8 nitrogen and oxygen atoms in total. The number of rotatable bonds is 9. The summed E-state index contributed by atoms with van der Waals surface area (Å²) in [6.07, 6.45) is 2.37. The number of benzene rings is 3. The lowest BCUT2D eigenvalue weighted by atomic mass is 10.1. The van der Waals surface area contributed by atoms with Crippen LogP contribution in [0, 0.1) is 0 Å². The van der Waals surface area contributed by atoms with E-state index in [-0.39, 0.29) is 6.03 Å². The fourth-order valence-electron chi connectivity index (χ4n) is 4.07. The minimum atomic E-state index is -0.267. The van der Waals surface area contributed by atoms with Crippen LogP contribution in [0.5, 0.6) is 0 Å². The van der Waals surface area contributed by atoms with Gasteiger partial charge in [-0.25, -0.2) is 19.7 Å². The van der Waals surface area contributed by atoms with E-state index in [4.69, 9.17) is 4.98 Å². The molecule has 0 unspecified atom stereocenters. The standard InChI is InChI=1S/C29H29N7OS/c1-36(2)18-22-10-6-7-11-24(22)34-29(37)33-23-14-12-20(13-15-23)16-17-30-26-25-28(32-19-31-26)38-27(35-25)21-8-4-3-5-9-21/h3-15,19H,16-18H2,1-2H3,(H,30,31,32)(H2,33,34,37). The van der Waals surface area contributed by atoms with Crippen molar-refractivity contribution in [2.75, 3.05) is 36.6 Å². The number of hydrogen-bond donors (Lipinski definition) is 3. The molecule has 0 bridgehead atoms. The number of aromatic nitrogens is 3. The van der Waals surface area contributed by atoms with E-state index in [9.17, 15) is 4.79 Å². The molecule has 5 rings (SSSR count). The maximum absolute atomic E-state index is 12.6. The molecule has 0 aliphatic rings. The van der Waals surface area contributed by atoms with E-state index in [1.807, 2.05) is 93.0 Å². The number of nitrogens with zero attached hydrogens (tertiary/aromatic N) is 4. The first-order valence-electron chi connectivity index (χ1n) is 12.4. The second-order valence-corrected chi connectivity index (χ2v) is 10.1. The Morgan fingerprint density at radius 3 is 2.45 bits per heavy atom. The van der Waals surface area contributed by atoms with Crippen LogP contribution in [0.25, 0.3) is 20.9 Å². The Kier molecular flexibility index (Phi) is 7.86. The minimum Gasteiger partial charge on any atom is -0.368 e. The predicted molar refractivity (Wildman–Crippen MR) is 156 cm³/mol. The maximum Gasteiger partial charge on any atom is 0.323 e. The van der Waals surface area contributed by atoms with E-state index in [0.717, 1.165) is 62.2 Å². The van der Waals surface area contributed by atoms with E-state index in [2.05, 4.69) is 30.8 Å². The van der Waals surface area contributed by atoms with Gasteiger partial charge in [0.15, 0.2) is 5.82 Å². The second-order valence-electron chi connectivity index (χ2n) is 9.11. The number of amides is 2. The molecule has 38 heavy (non-hydrogen) atoms. The summed E-state index contributed by atoms with van der Waals surface area (Å²) in [5.74, 6) is 0.734. The molecule has 0 spiro atoms. The zero-order valence-corrected chi connectivity index (χ0v) is 22.1. The van der Waals surface area contributed by atoms with Crippen molar-refractivity contribution in [2.45, 2.75) is 13.0 Å². The number of hydrogen-bond acceptors (Lipinski definition) is 7. The molecule has 2 aromatic heterocycles. The Hall–Kier alpha value is -4.34. The fraction of sp³-hybridized carbons (Fsp3) is 0.172. The molecule has 192 valence electrons. The van der Waals surface area contributed by atoms with Crippen LogP contribution in [-0.2, 0) is 13.0 Å². The lowest BCUT2D eigenvalue weighted by molar-refractivity contribution is 0.262. The fourth-order valence-corrected chi connectivity index (χ4v) is 4.99. The van der Waals surface area contributed by atoms with Gasteiger partial charge in [-0.15, -0.1) is 0 Å². The Labute approximate surface area is 225 Å². The van der Waals surface area contributed by atoms with E-state index in [1.54, 1.807) is 17.7 Å². The molecule has 5 aromatic rings. The van der Waals surface area contributed by atoms with Gasteiger partial charge in [-0.05, 0) is 49.8 Å². The van der Waals surface area contributed by atoms with Crippen molar-refractivity contribution >= 4 is 44.9 Å². The van der Waals surface area contributed by atoms with Crippen molar-refractivity contribution in [3.05, 3.63) is 96.3 Å². The Morgan fingerprint density at radius 1 is 0.895 bits per heavy atom. The number of anilines is 3. The van der Waals surface area contributed by atoms with Crippen molar-refractivity contribution < 1.29 is 4.79 Å². The largest absolute Gasteiger partial charge is 0.368 e. The highest BCUT2D eigenvalue weighted by Gasteiger charge is 2.12. The number of thiazole rings is 1. The molecule has 9 heteroatoms. The number of fused-ring (bicyclic) bond motifs is 1. The van der Waals surface area contributed by atoms with Gasteiger partial charge in [-0.1, -0.05) is 72.0 Å². The highest BCUT2D eigenvalue weighted by molar-refractivity contribution is 7.21. The molecule has 0 radical (unpaired) electrons. The van der Waals surface area contributed by atoms with Gasteiger partial charge >= 0.3 is 6.03 Å². The average molecular weight is 524 g/mol. The summed E-state index contributed by atoms with van der Waals surface area (Å²) in [6, 6.07) is 25.5. The van der Waals surface area contributed by atoms with Crippen molar-refractivity contribution in [1.29, 1.82) is 0 Å². The normalized spacial score (nSPS) is 11.0.